The van der Waals surface area contributed by atoms with Gasteiger partial charge in [-0.25, -0.2) is 4.98 Å². The molecule has 0 unspecified atom stereocenters. The predicted molar refractivity (Wildman–Crippen MR) is 149 cm³/mol. The van der Waals surface area contributed by atoms with E-state index in [-0.39, 0.29) is 11.5 Å². The molecule has 0 bridgehead atoms. The Balaban J connectivity index is 2.00. The second-order valence-electron chi connectivity index (χ2n) is 8.84. The van der Waals surface area contributed by atoms with Crippen LogP contribution in [0, 0.1) is 6.92 Å². The van der Waals surface area contributed by atoms with E-state index in [1.165, 1.54) is 4.68 Å². The first kappa shape index (κ1) is 26.2. The Morgan fingerprint density at radius 2 is 1.81 bits per heavy atom. The number of fused-ring (bicyclic) bond motifs is 1. The number of aromatic nitrogens is 2. The molecular weight excluding hydrogens is 490 g/mol. The van der Waals surface area contributed by atoms with Gasteiger partial charge in [-0.05, 0) is 61.2 Å². The molecular formula is C29H30ClN3O4. The summed E-state index contributed by atoms with van der Waals surface area (Å²) in [5, 5.41) is 5.53. The van der Waals surface area contributed by atoms with Crippen molar-refractivity contribution in [2.45, 2.75) is 33.6 Å². The summed E-state index contributed by atoms with van der Waals surface area (Å²) >= 11 is 6.33. The molecule has 0 aliphatic heterocycles. The molecule has 0 atom stereocenters. The molecule has 1 aromatic heterocycles. The van der Waals surface area contributed by atoms with Gasteiger partial charge in [0.25, 0.3) is 5.56 Å². The molecule has 4 aromatic rings. The molecule has 0 aliphatic carbocycles. The van der Waals surface area contributed by atoms with Gasteiger partial charge in [0, 0.05) is 22.2 Å². The number of para-hydroxylation sites is 1. The van der Waals surface area contributed by atoms with Crippen LogP contribution in [0.1, 0.15) is 43.4 Å². The highest BCUT2D eigenvalue weighted by Crippen LogP contribution is 2.35. The monoisotopic (exact) mass is 519 g/mol. The van der Waals surface area contributed by atoms with Crippen LogP contribution in [0.4, 0.5) is 0 Å². The number of hydrogen-bond donors (Lipinski definition) is 0. The van der Waals surface area contributed by atoms with E-state index in [2.05, 4.69) is 18.9 Å². The number of rotatable bonds is 8. The maximum absolute atomic E-state index is 13.7. The van der Waals surface area contributed by atoms with Crippen LogP contribution < -0.4 is 19.8 Å². The van der Waals surface area contributed by atoms with Gasteiger partial charge < -0.3 is 14.2 Å². The van der Waals surface area contributed by atoms with Crippen LogP contribution in [0.25, 0.3) is 22.3 Å². The predicted octanol–water partition coefficient (Wildman–Crippen LogP) is 6.45. The average Bonchev–Trinajstić information content (AvgIpc) is 2.88. The van der Waals surface area contributed by atoms with Crippen molar-refractivity contribution in [2.75, 3.05) is 20.8 Å². The molecule has 0 saturated carbocycles. The van der Waals surface area contributed by atoms with Crippen molar-refractivity contribution in [3.63, 3.8) is 0 Å². The fraction of sp³-hybridized carbons (Fsp3) is 0.276. The van der Waals surface area contributed by atoms with Crippen molar-refractivity contribution in [3.8, 4) is 28.6 Å². The average molecular weight is 520 g/mol. The van der Waals surface area contributed by atoms with E-state index in [1.807, 2.05) is 44.2 Å². The Morgan fingerprint density at radius 3 is 2.49 bits per heavy atom. The van der Waals surface area contributed by atoms with E-state index in [0.717, 1.165) is 22.4 Å². The Bertz CT molecular complexity index is 1540. The van der Waals surface area contributed by atoms with E-state index in [1.54, 1.807) is 38.6 Å². The molecule has 1 heterocycles. The largest absolute Gasteiger partial charge is 0.496 e. The van der Waals surface area contributed by atoms with Crippen LogP contribution in [0.2, 0.25) is 5.02 Å². The molecule has 7 nitrogen and oxygen atoms in total. The number of hydrogen-bond acceptors (Lipinski definition) is 6. The zero-order valence-corrected chi connectivity index (χ0v) is 22.6. The lowest BCUT2D eigenvalue weighted by Crippen LogP contribution is -2.21. The van der Waals surface area contributed by atoms with Crippen LogP contribution in [0.5, 0.6) is 17.2 Å². The summed E-state index contributed by atoms with van der Waals surface area (Å²) in [5.41, 5.74) is 3.59. The van der Waals surface area contributed by atoms with Gasteiger partial charge in [0.1, 0.15) is 5.75 Å². The first-order chi connectivity index (χ1) is 17.8. The van der Waals surface area contributed by atoms with Crippen molar-refractivity contribution in [1.29, 1.82) is 0 Å². The first-order valence-corrected chi connectivity index (χ1v) is 12.4. The number of ether oxygens (including phenoxy) is 3. The summed E-state index contributed by atoms with van der Waals surface area (Å²) in [7, 11) is 3.20. The van der Waals surface area contributed by atoms with Crippen molar-refractivity contribution in [2.24, 2.45) is 5.10 Å². The van der Waals surface area contributed by atoms with Gasteiger partial charge in [-0.2, -0.15) is 9.78 Å². The molecule has 0 saturated heterocycles. The van der Waals surface area contributed by atoms with Gasteiger partial charge in [0.05, 0.1) is 37.9 Å². The van der Waals surface area contributed by atoms with Gasteiger partial charge in [-0.15, -0.1) is 0 Å². The molecule has 192 valence electrons. The number of nitrogens with zero attached hydrogens (tertiary/aromatic N) is 3. The normalized spacial score (nSPS) is 11.5. The summed E-state index contributed by atoms with van der Waals surface area (Å²) in [6.07, 6.45) is 1.54. The minimum atomic E-state index is -0.287. The highest BCUT2D eigenvalue weighted by Gasteiger charge is 2.19. The zero-order valence-electron chi connectivity index (χ0n) is 21.8. The zero-order chi connectivity index (χ0) is 26.7. The SMILES string of the molecule is CCOc1c(C=Nn2c(-c3cc(C(C)C)c(OC)cc3C)nc3ccccc3c2=O)cc(Cl)cc1OC. The standard InChI is InChI=1S/C29H30ClN3O4/c1-7-37-27-19(13-20(30)14-26(27)36-6)16-31-33-28(32-24-11-9-8-10-21(24)29(33)34)23-15-22(17(2)3)25(35-5)12-18(23)4/h8-17H,7H2,1-6H3. The summed E-state index contributed by atoms with van der Waals surface area (Å²) < 4.78 is 18.2. The Kier molecular flexibility index (Phi) is 7.83. The Hall–Kier alpha value is -3.84. The lowest BCUT2D eigenvalue weighted by atomic mass is 9.96. The van der Waals surface area contributed by atoms with E-state index >= 15 is 0 Å². The van der Waals surface area contributed by atoms with Gasteiger partial charge in [0.15, 0.2) is 17.3 Å². The smallest absolute Gasteiger partial charge is 0.282 e. The minimum Gasteiger partial charge on any atom is -0.496 e. The van der Waals surface area contributed by atoms with Gasteiger partial charge >= 0.3 is 0 Å². The number of methoxy groups -OCH3 is 2. The van der Waals surface area contributed by atoms with E-state index in [0.29, 0.717) is 45.4 Å². The summed E-state index contributed by atoms with van der Waals surface area (Å²) in [4.78, 5) is 18.6. The van der Waals surface area contributed by atoms with E-state index in [4.69, 9.17) is 30.8 Å². The molecule has 0 N–H and O–H groups in total. The fourth-order valence-electron chi connectivity index (χ4n) is 4.23. The minimum absolute atomic E-state index is 0.200. The molecule has 37 heavy (non-hydrogen) atoms. The highest BCUT2D eigenvalue weighted by molar-refractivity contribution is 6.31. The third-order valence-electron chi connectivity index (χ3n) is 6.06. The van der Waals surface area contributed by atoms with Crippen LogP contribution in [-0.4, -0.2) is 36.7 Å². The highest BCUT2D eigenvalue weighted by atomic mass is 35.5. The molecule has 0 aliphatic rings. The molecule has 0 spiro atoms. The van der Waals surface area contributed by atoms with Crippen molar-refractivity contribution < 1.29 is 14.2 Å². The molecule has 8 heteroatoms. The summed E-state index contributed by atoms with van der Waals surface area (Å²) in [6, 6.07) is 14.6. The third kappa shape index (κ3) is 5.18. The third-order valence-corrected chi connectivity index (χ3v) is 6.28. The summed E-state index contributed by atoms with van der Waals surface area (Å²) in [5.74, 6) is 2.39. The number of aryl methyl sites for hydroxylation is 1. The second kappa shape index (κ2) is 11.0. The Morgan fingerprint density at radius 1 is 1.08 bits per heavy atom. The quantitative estimate of drug-likeness (QED) is 0.250. The van der Waals surface area contributed by atoms with Crippen LogP contribution in [0.3, 0.4) is 0 Å². The molecule has 4 rings (SSSR count). The second-order valence-corrected chi connectivity index (χ2v) is 9.27. The van der Waals surface area contributed by atoms with Crippen molar-refractivity contribution in [3.05, 3.63) is 80.6 Å². The maximum Gasteiger partial charge on any atom is 0.282 e. The van der Waals surface area contributed by atoms with Gasteiger partial charge in [-0.1, -0.05) is 37.6 Å². The van der Waals surface area contributed by atoms with Crippen LogP contribution >= 0.6 is 11.6 Å². The molecule has 3 aromatic carbocycles. The maximum atomic E-state index is 13.7. The fourth-order valence-corrected chi connectivity index (χ4v) is 4.44. The van der Waals surface area contributed by atoms with Gasteiger partial charge in [-0.3, -0.25) is 4.79 Å². The Labute approximate surface area is 221 Å². The van der Waals surface area contributed by atoms with Crippen LogP contribution in [0.15, 0.2) is 58.4 Å². The summed E-state index contributed by atoms with van der Waals surface area (Å²) in [6.45, 7) is 8.45. The lowest BCUT2D eigenvalue weighted by Gasteiger charge is -2.17. The van der Waals surface area contributed by atoms with Gasteiger partial charge in [0.2, 0.25) is 0 Å². The molecule has 0 amide bonds. The lowest BCUT2D eigenvalue weighted by molar-refractivity contribution is 0.310. The van der Waals surface area contributed by atoms with Crippen LogP contribution in [-0.2, 0) is 0 Å². The van der Waals surface area contributed by atoms with Crippen molar-refractivity contribution >= 4 is 28.7 Å². The first-order valence-electron chi connectivity index (χ1n) is 12.0. The topological polar surface area (TPSA) is 74.9 Å². The number of halogens is 1. The van der Waals surface area contributed by atoms with E-state index < -0.39 is 0 Å². The van der Waals surface area contributed by atoms with E-state index in [9.17, 15) is 4.79 Å². The molecule has 0 radical (unpaired) electrons. The van der Waals surface area contributed by atoms with Crippen molar-refractivity contribution in [1.82, 2.24) is 9.66 Å². The number of benzene rings is 3. The molecule has 0 fully saturated rings.